The number of pyridine rings is 1. The molecule has 0 aliphatic heterocycles. The normalized spacial score (nSPS) is 9.60. The van der Waals surface area contributed by atoms with Gasteiger partial charge in [0.2, 0.25) is 0 Å². The van der Waals surface area contributed by atoms with Gasteiger partial charge in [0.15, 0.2) is 0 Å². The fourth-order valence-corrected chi connectivity index (χ4v) is 2.57. The van der Waals surface area contributed by atoms with E-state index in [0.717, 1.165) is 11.3 Å². The molecule has 0 atom stereocenters. The second-order valence-electron chi connectivity index (χ2n) is 3.56. The molecule has 0 bridgehead atoms. The Morgan fingerprint density at radius 3 is 2.75 bits per heavy atom. The third kappa shape index (κ3) is 2.71. The van der Waals surface area contributed by atoms with Crippen LogP contribution in [-0.2, 0) is 10.3 Å². The summed E-state index contributed by atoms with van der Waals surface area (Å²) in [4.78, 5) is 33.0. The van der Waals surface area contributed by atoms with Crippen LogP contribution in [0.4, 0.5) is 0 Å². The fourth-order valence-electron chi connectivity index (χ4n) is 1.68. The van der Waals surface area contributed by atoms with Crippen molar-refractivity contribution in [2.45, 2.75) is 0 Å². The molecule has 96 valence electrons. The molecule has 0 saturated heterocycles. The molecule has 0 spiro atoms. The first-order chi connectivity index (χ1) is 8.79. The van der Waals surface area contributed by atoms with Gasteiger partial charge in [-0.3, -0.25) is 14.8 Å². The zero-order valence-corrected chi connectivity index (χ0v) is 11.4. The minimum atomic E-state index is -0.328. The van der Waals surface area contributed by atoms with Gasteiger partial charge in [0.05, 0.1) is 11.2 Å². The molecule has 3 heterocycles. The van der Waals surface area contributed by atoms with Gasteiger partial charge in [0.25, 0.3) is 5.56 Å². The predicted octanol–water partition coefficient (Wildman–Crippen LogP) is -2.41. The van der Waals surface area contributed by atoms with Crippen molar-refractivity contribution >= 4 is 27.8 Å². The molecule has 0 fully saturated rings. The van der Waals surface area contributed by atoms with Crippen molar-refractivity contribution in [2.75, 3.05) is 0 Å². The molecule has 0 unspecified atom stereocenters. The van der Waals surface area contributed by atoms with Crippen LogP contribution in [0, 0.1) is 0 Å². The van der Waals surface area contributed by atoms with E-state index in [1.165, 1.54) is 11.3 Å². The Morgan fingerprint density at radius 2 is 2.10 bits per heavy atom. The standard InChI is InChI=1S/C12H6N3O2S.Li.H2O/c16-5-9-14-10-7(8-3-1-2-4-13-8)6-18-11(10)12(17)15-9;;/h1-4,6H,(H,14,15,17);;1H2/q-1;+1;/p+1. The number of aromatic amines is 1. The Morgan fingerprint density at radius 1 is 1.30 bits per heavy atom. The van der Waals surface area contributed by atoms with Crippen LogP contribution in [0.2, 0.25) is 0 Å². The summed E-state index contributed by atoms with van der Waals surface area (Å²) in [6.45, 7) is 0. The first kappa shape index (κ1) is 16.3. The summed E-state index contributed by atoms with van der Waals surface area (Å²) < 4.78 is 0.481. The number of hydrogen-bond acceptors (Lipinski definition) is 5. The second kappa shape index (κ2) is 6.59. The Balaban J connectivity index is 0.000001000. The molecule has 0 aromatic carbocycles. The van der Waals surface area contributed by atoms with Crippen molar-refractivity contribution in [3.05, 3.63) is 46.0 Å². The largest absolute Gasteiger partial charge is 1.00 e. The van der Waals surface area contributed by atoms with Crippen LogP contribution in [-0.4, -0.2) is 21.2 Å². The molecular weight excluding hydrogens is 273 g/mol. The zero-order valence-electron chi connectivity index (χ0n) is 10.6. The third-order valence-electron chi connectivity index (χ3n) is 2.46. The van der Waals surface area contributed by atoms with Gasteiger partial charge in [0, 0.05) is 17.1 Å². The SMILES string of the molecule is O=[C-]c1nc2c(-c3ccccn3)csc2c(=O)[nH]1.[Li+].[OH3+]. The Bertz CT molecular complexity index is 785. The van der Waals surface area contributed by atoms with E-state index in [1.54, 1.807) is 12.5 Å². The van der Waals surface area contributed by atoms with Crippen molar-refractivity contribution in [1.82, 2.24) is 15.0 Å². The van der Waals surface area contributed by atoms with Crippen molar-refractivity contribution in [2.24, 2.45) is 0 Å². The van der Waals surface area contributed by atoms with Crippen LogP contribution in [0.5, 0.6) is 0 Å². The molecule has 0 aliphatic rings. The number of nitrogens with one attached hydrogen (secondary N) is 1. The molecule has 20 heavy (non-hydrogen) atoms. The average Bonchev–Trinajstić information content (AvgIpc) is 2.84. The number of hydrogen-bond donors (Lipinski definition) is 1. The van der Waals surface area contributed by atoms with Crippen LogP contribution < -0.4 is 24.4 Å². The van der Waals surface area contributed by atoms with Crippen LogP contribution in [0.25, 0.3) is 21.5 Å². The monoisotopic (exact) mass is 282 g/mol. The first-order valence-corrected chi connectivity index (χ1v) is 5.98. The minimum absolute atomic E-state index is 0. The molecule has 0 aliphatic carbocycles. The topological polar surface area (TPSA) is 109 Å². The van der Waals surface area contributed by atoms with Crippen LogP contribution in [0.3, 0.4) is 0 Å². The predicted molar refractivity (Wildman–Crippen MR) is 73.1 cm³/mol. The summed E-state index contributed by atoms with van der Waals surface area (Å²) >= 11 is 1.28. The maximum atomic E-state index is 11.7. The maximum absolute atomic E-state index is 11.7. The molecule has 0 amide bonds. The van der Waals surface area contributed by atoms with Gasteiger partial charge in [-0.15, -0.1) is 11.3 Å². The van der Waals surface area contributed by atoms with E-state index in [2.05, 4.69) is 15.0 Å². The van der Waals surface area contributed by atoms with Gasteiger partial charge >= 0.3 is 18.9 Å². The van der Waals surface area contributed by atoms with Gasteiger partial charge in [-0.1, -0.05) is 6.07 Å². The average molecular weight is 282 g/mol. The van der Waals surface area contributed by atoms with E-state index in [0.29, 0.717) is 10.2 Å². The number of nitrogens with zero attached hydrogens (tertiary/aromatic N) is 2. The van der Waals surface area contributed by atoms with E-state index >= 15 is 0 Å². The summed E-state index contributed by atoms with van der Waals surface area (Å²) in [5.74, 6) is -0.0944. The van der Waals surface area contributed by atoms with Crippen molar-refractivity contribution in [3.8, 4) is 11.3 Å². The van der Waals surface area contributed by atoms with Crippen LogP contribution in [0.1, 0.15) is 5.82 Å². The molecule has 3 aromatic rings. The molecule has 3 aromatic heterocycles. The molecule has 0 saturated carbocycles. The van der Waals surface area contributed by atoms with Crippen molar-refractivity contribution in [1.29, 1.82) is 0 Å². The van der Waals surface area contributed by atoms with E-state index in [-0.39, 0.29) is 35.7 Å². The van der Waals surface area contributed by atoms with Gasteiger partial charge in [-0.05, 0) is 18.0 Å². The van der Waals surface area contributed by atoms with E-state index in [9.17, 15) is 9.59 Å². The van der Waals surface area contributed by atoms with Gasteiger partial charge in [-0.25, -0.2) is 0 Å². The Labute approximate surface area is 129 Å². The summed E-state index contributed by atoms with van der Waals surface area (Å²) in [7, 11) is 0. The molecule has 6 nitrogen and oxygen atoms in total. The van der Waals surface area contributed by atoms with Gasteiger partial charge in [0.1, 0.15) is 4.70 Å². The number of carbonyl (C=O) groups excluding carboxylic acids is 1. The molecular formula is C12H9LiN3O3S+. The van der Waals surface area contributed by atoms with E-state index in [4.69, 9.17) is 0 Å². The maximum Gasteiger partial charge on any atom is 1.00 e. The summed E-state index contributed by atoms with van der Waals surface area (Å²) in [6, 6.07) is 5.49. The fraction of sp³-hybridized carbons (Fsp3) is 0. The summed E-state index contributed by atoms with van der Waals surface area (Å²) in [5.41, 5.74) is 1.63. The number of rotatable bonds is 2. The molecule has 3 rings (SSSR count). The number of aromatic nitrogens is 3. The summed E-state index contributed by atoms with van der Waals surface area (Å²) in [6.07, 6.45) is 3.26. The molecule has 0 radical (unpaired) electrons. The van der Waals surface area contributed by atoms with E-state index in [1.807, 2.05) is 23.6 Å². The quantitative estimate of drug-likeness (QED) is 0.320. The minimum Gasteiger partial charge on any atom is -0.534 e. The van der Waals surface area contributed by atoms with E-state index < -0.39 is 0 Å². The second-order valence-corrected chi connectivity index (χ2v) is 4.44. The zero-order chi connectivity index (χ0) is 12.5. The summed E-state index contributed by atoms with van der Waals surface area (Å²) in [5, 5.41) is 1.81. The van der Waals surface area contributed by atoms with Crippen LogP contribution >= 0.6 is 11.3 Å². The number of thiophene rings is 1. The van der Waals surface area contributed by atoms with Crippen LogP contribution in [0.15, 0.2) is 34.6 Å². The van der Waals surface area contributed by atoms with Crippen molar-refractivity contribution < 1.29 is 29.1 Å². The number of fused-ring (bicyclic) bond motifs is 1. The first-order valence-electron chi connectivity index (χ1n) is 5.10. The van der Waals surface area contributed by atoms with Gasteiger partial charge < -0.3 is 15.3 Å². The smallest absolute Gasteiger partial charge is 0.534 e. The molecule has 4 N–H and O–H groups in total. The Kier molecular flexibility index (Phi) is 5.36. The number of H-pyrrole nitrogens is 1. The third-order valence-corrected chi connectivity index (χ3v) is 3.43. The van der Waals surface area contributed by atoms with Crippen molar-refractivity contribution in [3.63, 3.8) is 0 Å². The van der Waals surface area contributed by atoms with Gasteiger partial charge in [-0.2, -0.15) is 6.29 Å². The molecule has 8 heteroatoms. The Hall–Kier alpha value is -1.78.